The van der Waals surface area contributed by atoms with Gasteiger partial charge in [0.15, 0.2) is 0 Å². The van der Waals surface area contributed by atoms with Gasteiger partial charge in [-0.1, -0.05) is 0 Å². The van der Waals surface area contributed by atoms with E-state index in [0.29, 0.717) is 13.2 Å². The normalized spacial score (nSPS) is 34.7. The summed E-state index contributed by atoms with van der Waals surface area (Å²) in [5.74, 6) is 0. The molecule has 2 bridgehead atoms. The lowest BCUT2D eigenvalue weighted by Gasteiger charge is -2.28. The van der Waals surface area contributed by atoms with Crippen molar-refractivity contribution in [1.82, 2.24) is 5.32 Å². The fourth-order valence-corrected chi connectivity index (χ4v) is 3.49. The molecule has 2 aliphatic carbocycles. The maximum absolute atomic E-state index is 11.7. The van der Waals surface area contributed by atoms with Crippen molar-refractivity contribution in [1.29, 1.82) is 0 Å². The number of fused-ring (bicyclic) bond motifs is 2. The predicted octanol–water partition coefficient (Wildman–Crippen LogP) is 2.45. The van der Waals surface area contributed by atoms with Gasteiger partial charge in [-0.2, -0.15) is 0 Å². The van der Waals surface area contributed by atoms with E-state index in [1.807, 2.05) is 20.8 Å². The Kier molecular flexibility index (Phi) is 3.34. The number of hydrogen-bond donors (Lipinski definition) is 2. The van der Waals surface area contributed by atoms with Crippen LogP contribution in [0, 0.1) is 10.8 Å². The second kappa shape index (κ2) is 4.41. The molecule has 0 radical (unpaired) electrons. The molecule has 2 fully saturated rings. The molecule has 2 N–H and O–H groups in total. The van der Waals surface area contributed by atoms with Crippen LogP contribution >= 0.6 is 0 Å². The molecule has 0 atom stereocenters. The Balaban J connectivity index is 1.83. The summed E-state index contributed by atoms with van der Waals surface area (Å²) >= 11 is 0. The first-order valence-electron chi connectivity index (χ1n) is 6.86. The Hall–Kier alpha value is -0.770. The lowest BCUT2D eigenvalue weighted by molar-refractivity contribution is 0.0500. The molecule has 0 unspecified atom stereocenters. The van der Waals surface area contributed by atoms with E-state index in [1.54, 1.807) is 0 Å². The van der Waals surface area contributed by atoms with E-state index in [0.717, 1.165) is 32.1 Å². The number of rotatable bonds is 3. The molecule has 0 saturated heterocycles. The molecule has 2 aliphatic rings. The van der Waals surface area contributed by atoms with Crippen LogP contribution in [0.25, 0.3) is 0 Å². The largest absolute Gasteiger partial charge is 0.444 e. The van der Waals surface area contributed by atoms with Gasteiger partial charge in [-0.3, -0.25) is 0 Å². The zero-order valence-electron chi connectivity index (χ0n) is 11.7. The molecule has 2 rings (SSSR count). The van der Waals surface area contributed by atoms with Gasteiger partial charge < -0.3 is 15.2 Å². The van der Waals surface area contributed by atoms with E-state index < -0.39 is 5.60 Å². The van der Waals surface area contributed by atoms with Crippen LogP contribution in [-0.2, 0) is 4.74 Å². The Labute approximate surface area is 109 Å². The predicted molar refractivity (Wildman–Crippen MR) is 69.3 cm³/mol. The molecule has 0 aromatic heterocycles. The quantitative estimate of drug-likeness (QED) is 0.814. The van der Waals surface area contributed by atoms with Crippen molar-refractivity contribution < 1.29 is 14.6 Å². The number of alkyl carbamates (subject to hydrolysis) is 1. The molecule has 0 aromatic carbocycles. The zero-order valence-corrected chi connectivity index (χ0v) is 11.7. The first kappa shape index (κ1) is 13.7. The van der Waals surface area contributed by atoms with Crippen LogP contribution in [0.3, 0.4) is 0 Å². The molecular weight excluding hydrogens is 230 g/mol. The molecule has 4 heteroatoms. The third kappa shape index (κ3) is 2.79. The van der Waals surface area contributed by atoms with Crippen molar-refractivity contribution in [3.8, 4) is 0 Å². The Morgan fingerprint density at radius 1 is 1.22 bits per heavy atom. The highest BCUT2D eigenvalue weighted by atomic mass is 16.6. The van der Waals surface area contributed by atoms with Crippen molar-refractivity contribution in [3.05, 3.63) is 0 Å². The second-order valence-electron chi connectivity index (χ2n) is 7.19. The molecule has 0 heterocycles. The Morgan fingerprint density at radius 3 is 2.22 bits per heavy atom. The van der Waals surface area contributed by atoms with Crippen molar-refractivity contribution in [3.63, 3.8) is 0 Å². The summed E-state index contributed by atoms with van der Waals surface area (Å²) in [5, 5.41) is 12.4. The maximum atomic E-state index is 11.7. The van der Waals surface area contributed by atoms with Crippen LogP contribution in [0.1, 0.15) is 52.9 Å². The SMILES string of the molecule is CC(C)(C)OC(=O)NCC12CCC(CO)(CC1)C2. The fraction of sp³-hybridized carbons (Fsp3) is 0.929. The first-order chi connectivity index (χ1) is 8.28. The molecule has 1 amide bonds. The highest BCUT2D eigenvalue weighted by molar-refractivity contribution is 5.67. The molecule has 0 aromatic rings. The minimum absolute atomic E-state index is 0.148. The molecular formula is C14H25NO3. The van der Waals surface area contributed by atoms with E-state index in [4.69, 9.17) is 4.74 Å². The smallest absolute Gasteiger partial charge is 0.407 e. The van der Waals surface area contributed by atoms with Crippen LogP contribution < -0.4 is 5.32 Å². The number of aliphatic hydroxyl groups excluding tert-OH is 1. The number of carbonyl (C=O) groups is 1. The zero-order chi connectivity index (χ0) is 13.4. The van der Waals surface area contributed by atoms with E-state index in [1.165, 1.54) is 0 Å². The number of ether oxygens (including phenoxy) is 1. The lowest BCUT2D eigenvalue weighted by atomic mass is 9.82. The summed E-state index contributed by atoms with van der Waals surface area (Å²) < 4.78 is 5.25. The van der Waals surface area contributed by atoms with Crippen LogP contribution in [-0.4, -0.2) is 30.0 Å². The van der Waals surface area contributed by atoms with Gasteiger partial charge in [0.2, 0.25) is 0 Å². The third-order valence-corrected chi connectivity index (χ3v) is 4.46. The minimum Gasteiger partial charge on any atom is -0.444 e. The second-order valence-corrected chi connectivity index (χ2v) is 7.19. The topological polar surface area (TPSA) is 58.6 Å². The summed E-state index contributed by atoms with van der Waals surface area (Å²) in [7, 11) is 0. The summed E-state index contributed by atoms with van der Waals surface area (Å²) in [6.45, 7) is 6.58. The Morgan fingerprint density at radius 2 is 1.78 bits per heavy atom. The van der Waals surface area contributed by atoms with Crippen molar-refractivity contribution >= 4 is 6.09 Å². The van der Waals surface area contributed by atoms with Crippen molar-refractivity contribution in [2.24, 2.45) is 10.8 Å². The van der Waals surface area contributed by atoms with Gasteiger partial charge in [-0.05, 0) is 63.7 Å². The van der Waals surface area contributed by atoms with Crippen LogP contribution in [0.15, 0.2) is 0 Å². The van der Waals surface area contributed by atoms with Gasteiger partial charge in [-0.25, -0.2) is 4.79 Å². The molecule has 104 valence electrons. The van der Waals surface area contributed by atoms with Gasteiger partial charge in [-0.15, -0.1) is 0 Å². The Bertz CT molecular complexity index is 324. The molecule has 2 saturated carbocycles. The number of amides is 1. The molecule has 0 aliphatic heterocycles. The maximum Gasteiger partial charge on any atom is 0.407 e. The molecule has 18 heavy (non-hydrogen) atoms. The fourth-order valence-electron chi connectivity index (χ4n) is 3.49. The van der Waals surface area contributed by atoms with Gasteiger partial charge in [0.1, 0.15) is 5.60 Å². The average Bonchev–Trinajstić information content (AvgIpc) is 2.81. The van der Waals surface area contributed by atoms with Crippen LogP contribution in [0.4, 0.5) is 4.79 Å². The van der Waals surface area contributed by atoms with Gasteiger partial charge >= 0.3 is 6.09 Å². The van der Waals surface area contributed by atoms with Crippen LogP contribution in [0.2, 0.25) is 0 Å². The summed E-state index contributed by atoms with van der Waals surface area (Å²) in [6.07, 6.45) is 5.14. The van der Waals surface area contributed by atoms with Gasteiger partial charge in [0, 0.05) is 13.2 Å². The van der Waals surface area contributed by atoms with Crippen molar-refractivity contribution in [2.75, 3.05) is 13.2 Å². The molecule has 4 nitrogen and oxygen atoms in total. The summed E-state index contributed by atoms with van der Waals surface area (Å²) in [5.41, 5.74) is -0.0861. The lowest BCUT2D eigenvalue weighted by Crippen LogP contribution is -2.38. The van der Waals surface area contributed by atoms with E-state index in [9.17, 15) is 9.90 Å². The third-order valence-electron chi connectivity index (χ3n) is 4.46. The number of aliphatic hydroxyl groups is 1. The first-order valence-corrected chi connectivity index (χ1v) is 6.86. The number of carbonyl (C=O) groups excluding carboxylic acids is 1. The van der Waals surface area contributed by atoms with E-state index in [-0.39, 0.29) is 16.9 Å². The number of nitrogens with one attached hydrogen (secondary N) is 1. The standard InChI is InChI=1S/C14H25NO3/c1-12(2,3)18-11(17)15-9-13-4-6-14(8-13,10-16)7-5-13/h16H,4-10H2,1-3H3,(H,15,17). The van der Waals surface area contributed by atoms with Crippen molar-refractivity contribution in [2.45, 2.75) is 58.5 Å². The van der Waals surface area contributed by atoms with Crippen LogP contribution in [0.5, 0.6) is 0 Å². The summed E-state index contributed by atoms with van der Waals surface area (Å²) in [6, 6.07) is 0. The van der Waals surface area contributed by atoms with Gasteiger partial charge in [0.25, 0.3) is 0 Å². The average molecular weight is 255 g/mol. The van der Waals surface area contributed by atoms with Gasteiger partial charge in [0.05, 0.1) is 0 Å². The van der Waals surface area contributed by atoms with E-state index in [2.05, 4.69) is 5.32 Å². The minimum atomic E-state index is -0.443. The van der Waals surface area contributed by atoms with E-state index >= 15 is 0 Å². The number of hydrogen-bond acceptors (Lipinski definition) is 3. The highest BCUT2D eigenvalue weighted by Crippen LogP contribution is 2.60. The summed E-state index contributed by atoms with van der Waals surface area (Å²) in [4.78, 5) is 11.7. The monoisotopic (exact) mass is 255 g/mol. The molecule has 0 spiro atoms. The highest BCUT2D eigenvalue weighted by Gasteiger charge is 2.53.